The van der Waals surface area contributed by atoms with Crippen molar-refractivity contribution < 1.29 is 23.1 Å². The third-order valence-electron chi connectivity index (χ3n) is 7.33. The van der Waals surface area contributed by atoms with Crippen molar-refractivity contribution in [1.82, 2.24) is 0 Å². The minimum atomic E-state index is -2.13. The van der Waals surface area contributed by atoms with Gasteiger partial charge in [0.15, 0.2) is 8.32 Å². The van der Waals surface area contributed by atoms with E-state index < -0.39 is 24.7 Å². The molecule has 0 spiro atoms. The van der Waals surface area contributed by atoms with E-state index in [2.05, 4.69) is 73.6 Å². The van der Waals surface area contributed by atoms with Crippen molar-refractivity contribution in [2.45, 2.75) is 129 Å². The topological polar surface area (TPSA) is 54.0 Å². The summed E-state index contributed by atoms with van der Waals surface area (Å²) in [6.07, 6.45) is 5.51. The first-order valence-corrected chi connectivity index (χ1v) is 22.7. The minimum Gasteiger partial charge on any atom is -0.460 e. The van der Waals surface area contributed by atoms with Crippen LogP contribution in [0.1, 0.15) is 66.7 Å². The maximum absolute atomic E-state index is 11.4. The largest absolute Gasteiger partial charge is 0.460 e. The highest BCUT2D eigenvalue weighted by molar-refractivity contribution is 6.81. The van der Waals surface area contributed by atoms with Crippen LogP contribution in [0.3, 0.4) is 0 Å². The number of ether oxygens (including phenoxy) is 2. The van der Waals surface area contributed by atoms with Crippen LogP contribution in [0, 0.1) is 0 Å². The molecular weight excluding hydrogens is 477 g/mol. The van der Waals surface area contributed by atoms with Gasteiger partial charge in [-0.3, -0.25) is 0 Å². The summed E-state index contributed by atoms with van der Waals surface area (Å²) in [4.78, 5) is 11.4. The van der Waals surface area contributed by atoms with Gasteiger partial charge in [-0.15, -0.1) is 0 Å². The summed E-state index contributed by atoms with van der Waals surface area (Å²) in [5.74, 6) is -0.356. The molecule has 8 heteroatoms. The second kappa shape index (κ2) is 15.1. The lowest BCUT2D eigenvalue weighted by molar-refractivity contribution is -0.140. The molecule has 0 N–H and O–H groups in total. The molecule has 0 aromatic carbocycles. The van der Waals surface area contributed by atoms with E-state index in [0.29, 0.717) is 18.8 Å². The Morgan fingerprint density at radius 2 is 1.50 bits per heavy atom. The van der Waals surface area contributed by atoms with Gasteiger partial charge in [0, 0.05) is 17.9 Å². The Morgan fingerprint density at radius 3 is 2.00 bits per heavy atom. The van der Waals surface area contributed by atoms with Gasteiger partial charge in [0.05, 0.1) is 19.9 Å². The highest BCUT2D eigenvalue weighted by Crippen LogP contribution is 2.38. The van der Waals surface area contributed by atoms with E-state index in [0.717, 1.165) is 25.3 Å². The molecule has 0 heterocycles. The van der Waals surface area contributed by atoms with E-state index in [4.69, 9.17) is 18.3 Å². The van der Waals surface area contributed by atoms with Crippen molar-refractivity contribution in [1.29, 1.82) is 0 Å². The average molecular weight is 533 g/mol. The SMILES string of the molecule is C=C(C)C(=O)OCCOCCC[Si](C)(C)C(C)O[Si](C)(C)C(CC)(CC)O[Si](C)(C)CCCC. The first-order chi connectivity index (χ1) is 15.6. The predicted molar refractivity (Wildman–Crippen MR) is 153 cm³/mol. The number of esters is 1. The van der Waals surface area contributed by atoms with E-state index in [-0.39, 0.29) is 23.5 Å². The van der Waals surface area contributed by atoms with Crippen LogP contribution >= 0.6 is 0 Å². The van der Waals surface area contributed by atoms with Crippen LogP contribution < -0.4 is 0 Å². The summed E-state index contributed by atoms with van der Waals surface area (Å²) in [5, 5.41) is -0.125. The molecule has 0 bridgehead atoms. The molecule has 5 nitrogen and oxygen atoms in total. The van der Waals surface area contributed by atoms with Crippen LogP contribution in [-0.2, 0) is 23.1 Å². The summed E-state index contributed by atoms with van der Waals surface area (Å²) >= 11 is 0. The molecule has 1 unspecified atom stereocenters. The van der Waals surface area contributed by atoms with Gasteiger partial charge in [0.1, 0.15) is 6.61 Å². The number of hydrogen-bond acceptors (Lipinski definition) is 5. The molecule has 0 rings (SSSR count). The maximum Gasteiger partial charge on any atom is 0.333 e. The Morgan fingerprint density at radius 1 is 0.912 bits per heavy atom. The van der Waals surface area contributed by atoms with Gasteiger partial charge in [0.2, 0.25) is 8.32 Å². The minimum absolute atomic E-state index is 0.125. The fourth-order valence-electron chi connectivity index (χ4n) is 4.51. The van der Waals surface area contributed by atoms with Crippen molar-refractivity contribution in [3.05, 3.63) is 12.2 Å². The zero-order valence-corrected chi connectivity index (χ0v) is 27.4. The third kappa shape index (κ3) is 11.2. The van der Waals surface area contributed by atoms with Crippen molar-refractivity contribution >= 4 is 30.7 Å². The Hall–Kier alpha value is -0.259. The Bertz CT molecular complexity index is 616. The summed E-state index contributed by atoms with van der Waals surface area (Å²) in [5.41, 5.74) is 0.688. The molecule has 0 saturated carbocycles. The zero-order valence-electron chi connectivity index (χ0n) is 24.4. The second-order valence-electron chi connectivity index (χ2n) is 11.6. The predicted octanol–water partition coefficient (Wildman–Crippen LogP) is 7.49. The van der Waals surface area contributed by atoms with Gasteiger partial charge >= 0.3 is 5.97 Å². The molecule has 0 radical (unpaired) electrons. The van der Waals surface area contributed by atoms with Crippen LogP contribution in [0.15, 0.2) is 12.2 Å². The average Bonchev–Trinajstić information content (AvgIpc) is 2.74. The standard InChI is InChI=1S/C26H56O5Si3/c1-13-16-22-33(9,10)31-26(14-2,15-3)34(11,12)30-24(6)32(7,8)21-17-18-28-19-20-29-25(27)23(4)5/h24H,4,13-22H2,1-3,5-12H3. The van der Waals surface area contributed by atoms with Crippen molar-refractivity contribution in [2.24, 2.45) is 0 Å². The summed E-state index contributed by atoms with van der Waals surface area (Å²) < 4.78 is 24.9. The third-order valence-corrected chi connectivity index (χ3v) is 18.2. The lowest BCUT2D eigenvalue weighted by Gasteiger charge is -2.50. The van der Waals surface area contributed by atoms with Crippen molar-refractivity contribution in [3.63, 3.8) is 0 Å². The maximum atomic E-state index is 11.4. The van der Waals surface area contributed by atoms with Crippen LogP contribution in [0.2, 0.25) is 51.4 Å². The van der Waals surface area contributed by atoms with Crippen LogP contribution in [-0.4, -0.2) is 61.5 Å². The Balaban J connectivity index is 4.91. The van der Waals surface area contributed by atoms with E-state index in [1.165, 1.54) is 18.9 Å². The lowest BCUT2D eigenvalue weighted by atomic mass is 10.2. The molecule has 0 saturated heterocycles. The Kier molecular flexibility index (Phi) is 15.0. The van der Waals surface area contributed by atoms with E-state index in [1.54, 1.807) is 6.92 Å². The highest BCUT2D eigenvalue weighted by atomic mass is 28.4. The Labute approximate surface area is 214 Å². The number of hydrogen-bond donors (Lipinski definition) is 0. The van der Waals surface area contributed by atoms with Crippen molar-refractivity contribution in [2.75, 3.05) is 19.8 Å². The van der Waals surface area contributed by atoms with Gasteiger partial charge in [-0.05, 0) is 65.3 Å². The molecule has 0 aliphatic rings. The number of rotatable bonds is 19. The van der Waals surface area contributed by atoms with Gasteiger partial charge in [-0.2, -0.15) is 0 Å². The molecular formula is C26H56O5Si3. The molecule has 0 aromatic heterocycles. The summed E-state index contributed by atoms with van der Waals surface area (Å²) in [6, 6.07) is 2.37. The van der Waals surface area contributed by atoms with Crippen molar-refractivity contribution in [3.8, 4) is 0 Å². The number of carbonyl (C=O) groups is 1. The molecule has 0 fully saturated rings. The normalized spacial score (nSPS) is 14.2. The van der Waals surface area contributed by atoms with E-state index in [9.17, 15) is 4.79 Å². The number of carbonyl (C=O) groups excluding carboxylic acids is 1. The van der Waals surface area contributed by atoms with Crippen LogP contribution in [0.25, 0.3) is 0 Å². The van der Waals surface area contributed by atoms with E-state index >= 15 is 0 Å². The molecule has 0 amide bonds. The van der Waals surface area contributed by atoms with Gasteiger partial charge in [-0.25, -0.2) is 4.79 Å². The molecule has 0 aliphatic carbocycles. The quantitative estimate of drug-likeness (QED) is 0.0746. The molecule has 34 heavy (non-hydrogen) atoms. The fourth-order valence-corrected chi connectivity index (χ4v) is 15.4. The van der Waals surface area contributed by atoms with Gasteiger partial charge in [-0.1, -0.05) is 59.3 Å². The number of unbranched alkanes of at least 4 members (excludes halogenated alkanes) is 1. The fraction of sp³-hybridized carbons (Fsp3) is 0.885. The van der Waals surface area contributed by atoms with Gasteiger partial charge < -0.3 is 18.3 Å². The first-order valence-electron chi connectivity index (χ1n) is 13.4. The van der Waals surface area contributed by atoms with Gasteiger partial charge in [0.25, 0.3) is 0 Å². The molecule has 0 aliphatic heterocycles. The second-order valence-corrected chi connectivity index (χ2v) is 25.2. The zero-order chi connectivity index (χ0) is 26.6. The first kappa shape index (κ1) is 33.7. The van der Waals surface area contributed by atoms with Crippen LogP contribution in [0.5, 0.6) is 0 Å². The highest BCUT2D eigenvalue weighted by Gasteiger charge is 2.51. The lowest BCUT2D eigenvalue weighted by Crippen LogP contribution is -2.64. The van der Waals surface area contributed by atoms with E-state index in [1.807, 2.05) is 0 Å². The molecule has 1 atom stereocenters. The summed E-state index contributed by atoms with van der Waals surface area (Å²) in [7, 11) is -5.49. The molecule has 202 valence electrons. The molecule has 0 aromatic rings. The smallest absolute Gasteiger partial charge is 0.333 e. The summed E-state index contributed by atoms with van der Waals surface area (Å²) in [6.45, 7) is 30.1. The monoisotopic (exact) mass is 532 g/mol. The van der Waals surface area contributed by atoms with Crippen LogP contribution in [0.4, 0.5) is 0 Å².